The van der Waals surface area contributed by atoms with Crippen LogP contribution in [0.1, 0.15) is 82.3 Å². The largest absolute Gasteiger partial charge is 0.458 e. The lowest BCUT2D eigenvalue weighted by Crippen LogP contribution is -2.23. The lowest BCUT2D eigenvalue weighted by molar-refractivity contribution is -0.0696. The number of benzene rings is 2. The van der Waals surface area contributed by atoms with Crippen LogP contribution in [0.2, 0.25) is 0 Å². The summed E-state index contributed by atoms with van der Waals surface area (Å²) in [5.41, 5.74) is 1.09. The average molecular weight is 505 g/mol. The molecule has 2 aromatic rings. The van der Waals surface area contributed by atoms with Crippen LogP contribution in [0.3, 0.4) is 0 Å². The molecule has 0 radical (unpaired) electrons. The van der Waals surface area contributed by atoms with E-state index < -0.39 is 23.4 Å². The van der Waals surface area contributed by atoms with Crippen LogP contribution in [0.25, 0.3) is 16.3 Å². The van der Waals surface area contributed by atoms with Gasteiger partial charge in [0.1, 0.15) is 11.6 Å². The van der Waals surface area contributed by atoms with Gasteiger partial charge in [0.05, 0.1) is 11.7 Å². The van der Waals surface area contributed by atoms with E-state index in [4.69, 9.17) is 4.74 Å². The first-order valence-electron chi connectivity index (χ1n) is 13.1. The third-order valence-electron chi connectivity index (χ3n) is 7.59. The summed E-state index contributed by atoms with van der Waals surface area (Å²) < 4.78 is 72.4. The number of unbranched alkanes of at least 4 members (excludes halogenated alkanes) is 1. The Balaban J connectivity index is 1.36. The standard InChI is InChI=1S/C30H33F5O/c1-2-3-4-20-5-7-21(8-6-20)19-36-25-12-9-22(10-13-25)23-11-14-26-24(17-23)18-28(31)27(29(26)32)15-16-30(33,34)35/h9,11,14,17-18,20-21,25H,2-8,10,12-13,19H2,1H3. The molecular weight excluding hydrogens is 471 g/mol. The number of rotatable bonds is 7. The van der Waals surface area contributed by atoms with Gasteiger partial charge < -0.3 is 4.74 Å². The normalized spacial score (nSPS) is 22.7. The molecule has 1 nitrogen and oxygen atoms in total. The molecule has 1 atom stereocenters. The van der Waals surface area contributed by atoms with Crippen LogP contribution >= 0.6 is 0 Å². The van der Waals surface area contributed by atoms with Crippen molar-refractivity contribution in [1.82, 2.24) is 0 Å². The van der Waals surface area contributed by atoms with Gasteiger partial charge in [-0.3, -0.25) is 0 Å². The number of fused-ring (bicyclic) bond motifs is 1. The minimum absolute atomic E-state index is 0.0497. The van der Waals surface area contributed by atoms with Gasteiger partial charge in [-0.2, -0.15) is 13.2 Å². The molecule has 1 saturated carbocycles. The highest BCUT2D eigenvalue weighted by Gasteiger charge is 2.25. The molecule has 0 amide bonds. The highest BCUT2D eigenvalue weighted by Crippen LogP contribution is 2.35. The van der Waals surface area contributed by atoms with Crippen molar-refractivity contribution in [2.24, 2.45) is 11.8 Å². The SMILES string of the molecule is CCCCC1CCC(COC2CC=C(c3ccc4c(F)c(C#CC(F)(F)F)c(F)cc4c3)CC2)CC1. The molecule has 0 N–H and O–H groups in total. The van der Waals surface area contributed by atoms with Crippen molar-refractivity contribution >= 4 is 16.3 Å². The van der Waals surface area contributed by atoms with Crippen molar-refractivity contribution in [2.75, 3.05) is 6.61 Å². The zero-order valence-electron chi connectivity index (χ0n) is 20.7. The monoisotopic (exact) mass is 504 g/mol. The number of alkyl halides is 3. The van der Waals surface area contributed by atoms with E-state index in [-0.39, 0.29) is 11.5 Å². The van der Waals surface area contributed by atoms with E-state index in [1.165, 1.54) is 51.0 Å². The van der Waals surface area contributed by atoms with Gasteiger partial charge in [0.25, 0.3) is 0 Å². The Morgan fingerprint density at radius 3 is 2.42 bits per heavy atom. The van der Waals surface area contributed by atoms with Gasteiger partial charge in [-0.25, -0.2) is 8.78 Å². The van der Waals surface area contributed by atoms with Crippen LogP contribution in [0, 0.1) is 35.3 Å². The fraction of sp³-hybridized carbons (Fsp3) is 0.533. The van der Waals surface area contributed by atoms with E-state index in [1.54, 1.807) is 18.1 Å². The predicted molar refractivity (Wildman–Crippen MR) is 133 cm³/mol. The van der Waals surface area contributed by atoms with Crippen molar-refractivity contribution in [3.8, 4) is 11.8 Å². The van der Waals surface area contributed by atoms with Crippen molar-refractivity contribution in [3.63, 3.8) is 0 Å². The summed E-state index contributed by atoms with van der Waals surface area (Å²) >= 11 is 0. The summed E-state index contributed by atoms with van der Waals surface area (Å²) in [7, 11) is 0. The van der Waals surface area contributed by atoms with E-state index >= 15 is 0 Å². The summed E-state index contributed by atoms with van der Waals surface area (Å²) in [5.74, 6) is 1.91. The first-order valence-corrected chi connectivity index (χ1v) is 13.1. The van der Waals surface area contributed by atoms with Crippen LogP contribution in [-0.4, -0.2) is 18.9 Å². The van der Waals surface area contributed by atoms with E-state index in [9.17, 15) is 22.0 Å². The Labute approximate surface area is 210 Å². The topological polar surface area (TPSA) is 9.23 Å². The van der Waals surface area contributed by atoms with Crippen LogP contribution in [0.15, 0.2) is 30.3 Å². The Morgan fingerprint density at radius 2 is 1.75 bits per heavy atom. The Bertz CT molecular complexity index is 1150. The molecule has 0 saturated heterocycles. The molecule has 194 valence electrons. The minimum atomic E-state index is -4.82. The lowest BCUT2D eigenvalue weighted by Gasteiger charge is -2.30. The van der Waals surface area contributed by atoms with E-state index in [2.05, 4.69) is 13.0 Å². The molecule has 0 heterocycles. The summed E-state index contributed by atoms with van der Waals surface area (Å²) in [6.45, 7) is 3.07. The Hall–Kier alpha value is -2.39. The van der Waals surface area contributed by atoms with E-state index in [0.717, 1.165) is 54.9 Å². The fourth-order valence-electron chi connectivity index (χ4n) is 5.45. The van der Waals surface area contributed by atoms with Crippen LogP contribution in [0.4, 0.5) is 22.0 Å². The molecule has 0 bridgehead atoms. The van der Waals surface area contributed by atoms with E-state index in [1.807, 2.05) is 0 Å². The first kappa shape index (κ1) is 26.7. The van der Waals surface area contributed by atoms with Gasteiger partial charge in [0.15, 0.2) is 0 Å². The second-order valence-electron chi connectivity index (χ2n) is 10.2. The number of ether oxygens (including phenoxy) is 1. The molecule has 2 aliphatic rings. The van der Waals surface area contributed by atoms with Gasteiger partial charge in [-0.1, -0.05) is 63.2 Å². The maximum atomic E-state index is 14.7. The quantitative estimate of drug-likeness (QED) is 0.270. The Morgan fingerprint density at radius 1 is 1.00 bits per heavy atom. The summed E-state index contributed by atoms with van der Waals surface area (Å²) in [6, 6.07) is 5.95. The number of hydrogen-bond donors (Lipinski definition) is 0. The maximum absolute atomic E-state index is 14.7. The van der Waals surface area contributed by atoms with Gasteiger partial charge >= 0.3 is 6.18 Å². The highest BCUT2D eigenvalue weighted by molar-refractivity contribution is 5.88. The lowest BCUT2D eigenvalue weighted by atomic mass is 9.80. The molecule has 2 aliphatic carbocycles. The fourth-order valence-corrected chi connectivity index (χ4v) is 5.45. The molecule has 6 heteroatoms. The van der Waals surface area contributed by atoms with Gasteiger partial charge in [0.2, 0.25) is 0 Å². The molecule has 0 aliphatic heterocycles. The summed E-state index contributed by atoms with van der Waals surface area (Å²) in [6.07, 6.45) is 9.14. The highest BCUT2D eigenvalue weighted by atomic mass is 19.4. The molecule has 1 unspecified atom stereocenters. The van der Waals surface area contributed by atoms with Crippen LogP contribution < -0.4 is 0 Å². The molecular formula is C30H33F5O. The molecule has 0 aromatic heterocycles. The van der Waals surface area contributed by atoms with Gasteiger partial charge in [-0.15, -0.1) is 0 Å². The Kier molecular flexibility index (Phi) is 8.72. The zero-order valence-corrected chi connectivity index (χ0v) is 20.7. The molecule has 1 fully saturated rings. The van der Waals surface area contributed by atoms with Crippen molar-refractivity contribution in [1.29, 1.82) is 0 Å². The average Bonchev–Trinajstić information content (AvgIpc) is 2.86. The number of halogens is 5. The third-order valence-corrected chi connectivity index (χ3v) is 7.59. The first-order chi connectivity index (χ1) is 17.2. The minimum Gasteiger partial charge on any atom is -0.378 e. The van der Waals surface area contributed by atoms with Gasteiger partial charge in [-0.05, 0) is 72.6 Å². The molecule has 4 rings (SSSR count). The molecule has 0 spiro atoms. The second-order valence-corrected chi connectivity index (χ2v) is 10.2. The summed E-state index contributed by atoms with van der Waals surface area (Å²) in [4.78, 5) is 0. The van der Waals surface area contributed by atoms with Crippen molar-refractivity contribution in [3.05, 3.63) is 53.1 Å². The second kappa shape index (κ2) is 11.8. The van der Waals surface area contributed by atoms with E-state index in [0.29, 0.717) is 11.3 Å². The van der Waals surface area contributed by atoms with Crippen molar-refractivity contribution < 1.29 is 26.7 Å². The predicted octanol–water partition coefficient (Wildman–Crippen LogP) is 8.98. The number of allylic oxidation sites excluding steroid dienone is 1. The summed E-state index contributed by atoms with van der Waals surface area (Å²) in [5, 5.41) is 0.350. The molecule has 2 aromatic carbocycles. The van der Waals surface area contributed by atoms with Crippen LogP contribution in [-0.2, 0) is 4.74 Å². The maximum Gasteiger partial charge on any atom is 0.458 e. The van der Waals surface area contributed by atoms with Gasteiger partial charge in [0, 0.05) is 17.9 Å². The zero-order chi connectivity index (χ0) is 25.7. The third kappa shape index (κ3) is 6.88. The van der Waals surface area contributed by atoms with Crippen molar-refractivity contribution in [2.45, 2.75) is 83.4 Å². The number of hydrogen-bond acceptors (Lipinski definition) is 1. The smallest absolute Gasteiger partial charge is 0.378 e. The van der Waals surface area contributed by atoms with Crippen LogP contribution in [0.5, 0.6) is 0 Å². The molecule has 36 heavy (non-hydrogen) atoms.